The van der Waals surface area contributed by atoms with Crippen molar-refractivity contribution in [3.63, 3.8) is 0 Å². The minimum atomic E-state index is 0.304. The van der Waals surface area contributed by atoms with Crippen LogP contribution in [0.25, 0.3) is 0 Å². The molecular weight excluding hydrogens is 294 g/mol. The number of nitrogens with zero attached hydrogens (tertiary/aromatic N) is 4. The Morgan fingerprint density at radius 2 is 2.26 bits per heavy atom. The maximum absolute atomic E-state index is 12.2. The Hall–Kier alpha value is -1.89. The third-order valence-electron chi connectivity index (χ3n) is 4.91. The highest BCUT2D eigenvalue weighted by atomic mass is 16.5. The van der Waals surface area contributed by atoms with Crippen LogP contribution in [-0.4, -0.2) is 67.2 Å². The lowest BCUT2D eigenvalue weighted by Gasteiger charge is -2.47. The van der Waals surface area contributed by atoms with Crippen LogP contribution in [-0.2, 0) is 4.79 Å². The van der Waals surface area contributed by atoms with Gasteiger partial charge in [0.25, 0.3) is 0 Å². The molecule has 1 aromatic heterocycles. The fourth-order valence-electron chi connectivity index (χ4n) is 3.70. The minimum Gasteiger partial charge on any atom is -0.481 e. The molecule has 2 aliphatic heterocycles. The first kappa shape index (κ1) is 16.0. The van der Waals surface area contributed by atoms with Gasteiger partial charge in [0.15, 0.2) is 0 Å². The molecule has 1 aromatic rings. The van der Waals surface area contributed by atoms with E-state index >= 15 is 0 Å². The van der Waals surface area contributed by atoms with Crippen molar-refractivity contribution < 1.29 is 9.53 Å². The number of fused-ring (bicyclic) bond motifs is 1. The molecule has 7 heteroatoms. The van der Waals surface area contributed by atoms with E-state index in [-0.39, 0.29) is 0 Å². The largest absolute Gasteiger partial charge is 0.481 e. The van der Waals surface area contributed by atoms with Gasteiger partial charge in [0.2, 0.25) is 11.8 Å². The summed E-state index contributed by atoms with van der Waals surface area (Å²) >= 11 is 0. The molecule has 2 saturated heterocycles. The Bertz CT molecular complexity index is 553. The van der Waals surface area contributed by atoms with Crippen LogP contribution in [0.5, 0.6) is 5.88 Å². The van der Waals surface area contributed by atoms with Gasteiger partial charge in [-0.25, -0.2) is 9.97 Å². The van der Waals surface area contributed by atoms with Crippen molar-refractivity contribution in [3.8, 4) is 5.88 Å². The van der Waals surface area contributed by atoms with Crippen LogP contribution in [0.15, 0.2) is 12.4 Å². The number of methoxy groups -OCH3 is 1. The summed E-state index contributed by atoms with van der Waals surface area (Å²) in [5.74, 6) is 2.32. The van der Waals surface area contributed by atoms with Gasteiger partial charge < -0.3 is 19.9 Å². The number of piperidine rings is 2. The zero-order valence-corrected chi connectivity index (χ0v) is 13.9. The van der Waals surface area contributed by atoms with Crippen LogP contribution in [0.2, 0.25) is 0 Å². The second-order valence-electron chi connectivity index (χ2n) is 6.21. The molecule has 2 aliphatic rings. The van der Waals surface area contributed by atoms with Gasteiger partial charge in [0, 0.05) is 44.7 Å². The van der Waals surface area contributed by atoms with Gasteiger partial charge in [0.1, 0.15) is 12.1 Å². The van der Waals surface area contributed by atoms with Crippen molar-refractivity contribution in [1.82, 2.24) is 20.2 Å². The molecule has 0 unspecified atom stereocenters. The molecule has 7 nitrogen and oxygen atoms in total. The Balaban J connectivity index is 1.69. The van der Waals surface area contributed by atoms with Gasteiger partial charge in [-0.1, -0.05) is 0 Å². The SMILES string of the molecule is CNCCN1C(=O)CC[C@H]2CN(c3cc(OC)ncn3)CC[C@H]21. The zero-order valence-electron chi connectivity index (χ0n) is 13.9. The summed E-state index contributed by atoms with van der Waals surface area (Å²) in [5.41, 5.74) is 0. The number of likely N-dealkylation sites (N-methyl/N-ethyl adjacent to an activating group) is 1. The van der Waals surface area contributed by atoms with Crippen LogP contribution in [0.4, 0.5) is 5.82 Å². The van der Waals surface area contributed by atoms with Crippen LogP contribution in [0.1, 0.15) is 19.3 Å². The summed E-state index contributed by atoms with van der Waals surface area (Å²) in [4.78, 5) is 25.1. The average Bonchev–Trinajstić information content (AvgIpc) is 2.60. The molecule has 2 fully saturated rings. The first-order chi connectivity index (χ1) is 11.2. The van der Waals surface area contributed by atoms with E-state index in [2.05, 4.69) is 25.1 Å². The lowest BCUT2D eigenvalue weighted by Crippen LogP contribution is -2.57. The molecule has 1 amide bonds. The second-order valence-corrected chi connectivity index (χ2v) is 6.21. The topological polar surface area (TPSA) is 70.6 Å². The zero-order chi connectivity index (χ0) is 16.2. The number of amides is 1. The Labute approximate surface area is 137 Å². The first-order valence-electron chi connectivity index (χ1n) is 8.28. The smallest absolute Gasteiger partial charge is 0.222 e. The number of ether oxygens (including phenoxy) is 1. The maximum Gasteiger partial charge on any atom is 0.222 e. The number of anilines is 1. The molecule has 0 spiro atoms. The van der Waals surface area contributed by atoms with E-state index in [1.165, 1.54) is 0 Å². The van der Waals surface area contributed by atoms with E-state index in [4.69, 9.17) is 4.74 Å². The van der Waals surface area contributed by atoms with Crippen molar-refractivity contribution in [2.75, 3.05) is 45.2 Å². The Morgan fingerprint density at radius 3 is 3.04 bits per heavy atom. The Kier molecular flexibility index (Phi) is 4.95. The summed E-state index contributed by atoms with van der Waals surface area (Å²) in [6.07, 6.45) is 4.17. The van der Waals surface area contributed by atoms with E-state index in [1.807, 2.05) is 13.1 Å². The third-order valence-corrected chi connectivity index (χ3v) is 4.91. The van der Waals surface area contributed by atoms with E-state index < -0.39 is 0 Å². The number of hydrogen-bond acceptors (Lipinski definition) is 6. The number of carbonyl (C=O) groups excluding carboxylic acids is 1. The first-order valence-corrected chi connectivity index (χ1v) is 8.28. The van der Waals surface area contributed by atoms with Gasteiger partial charge >= 0.3 is 0 Å². The monoisotopic (exact) mass is 319 g/mol. The van der Waals surface area contributed by atoms with E-state index in [0.29, 0.717) is 30.2 Å². The third kappa shape index (κ3) is 3.39. The highest BCUT2D eigenvalue weighted by Gasteiger charge is 2.39. The number of likely N-dealkylation sites (tertiary alicyclic amines) is 1. The summed E-state index contributed by atoms with van der Waals surface area (Å²) in [6.45, 7) is 3.50. The molecule has 23 heavy (non-hydrogen) atoms. The van der Waals surface area contributed by atoms with E-state index in [1.54, 1.807) is 13.4 Å². The van der Waals surface area contributed by atoms with Gasteiger partial charge in [-0.3, -0.25) is 4.79 Å². The molecule has 0 saturated carbocycles. The normalized spacial score (nSPS) is 24.5. The quantitative estimate of drug-likeness (QED) is 0.853. The highest BCUT2D eigenvalue weighted by Crippen LogP contribution is 2.33. The molecule has 0 radical (unpaired) electrons. The molecule has 3 rings (SSSR count). The number of rotatable bonds is 5. The van der Waals surface area contributed by atoms with E-state index in [0.717, 1.165) is 44.8 Å². The highest BCUT2D eigenvalue weighted by molar-refractivity contribution is 5.77. The fraction of sp³-hybridized carbons (Fsp3) is 0.688. The van der Waals surface area contributed by atoms with Crippen molar-refractivity contribution >= 4 is 11.7 Å². The minimum absolute atomic E-state index is 0.304. The van der Waals surface area contributed by atoms with Crippen LogP contribution in [0, 0.1) is 5.92 Å². The number of carbonyl (C=O) groups is 1. The summed E-state index contributed by atoms with van der Waals surface area (Å²) in [5, 5.41) is 3.14. The molecule has 2 atom stereocenters. The summed E-state index contributed by atoms with van der Waals surface area (Å²) in [6, 6.07) is 2.25. The number of nitrogens with one attached hydrogen (secondary N) is 1. The van der Waals surface area contributed by atoms with Crippen LogP contribution >= 0.6 is 0 Å². The molecule has 126 valence electrons. The lowest BCUT2D eigenvalue weighted by atomic mass is 9.83. The average molecular weight is 319 g/mol. The predicted octanol–water partition coefficient (Wildman–Crippen LogP) is 0.522. The molecule has 3 heterocycles. The summed E-state index contributed by atoms with van der Waals surface area (Å²) < 4.78 is 5.19. The van der Waals surface area contributed by atoms with Crippen molar-refractivity contribution in [2.24, 2.45) is 5.92 Å². The number of hydrogen-bond donors (Lipinski definition) is 1. The fourth-order valence-corrected chi connectivity index (χ4v) is 3.70. The maximum atomic E-state index is 12.2. The second kappa shape index (κ2) is 7.12. The number of aromatic nitrogens is 2. The molecule has 0 aliphatic carbocycles. The van der Waals surface area contributed by atoms with Gasteiger partial charge in [-0.15, -0.1) is 0 Å². The van der Waals surface area contributed by atoms with Crippen molar-refractivity contribution in [1.29, 1.82) is 0 Å². The predicted molar refractivity (Wildman–Crippen MR) is 87.6 cm³/mol. The lowest BCUT2D eigenvalue weighted by molar-refractivity contribution is -0.139. The Morgan fingerprint density at radius 1 is 1.39 bits per heavy atom. The van der Waals surface area contributed by atoms with Crippen LogP contribution < -0.4 is 15.0 Å². The summed E-state index contributed by atoms with van der Waals surface area (Å²) in [7, 11) is 3.54. The molecule has 0 aromatic carbocycles. The van der Waals surface area contributed by atoms with Crippen LogP contribution in [0.3, 0.4) is 0 Å². The molecule has 0 bridgehead atoms. The van der Waals surface area contributed by atoms with E-state index in [9.17, 15) is 4.79 Å². The molecular formula is C16H25N5O2. The standard InChI is InChI=1S/C16H25N5O2/c1-17-6-8-21-13-5-7-20(10-12(13)3-4-16(21)22)14-9-15(23-2)19-11-18-14/h9,11-13,17H,3-8,10H2,1-2H3/t12-,13+/m0/s1. The van der Waals surface area contributed by atoms with Gasteiger partial charge in [-0.05, 0) is 25.8 Å². The molecule has 1 N–H and O–H groups in total. The van der Waals surface area contributed by atoms with Gasteiger partial charge in [0.05, 0.1) is 7.11 Å². The van der Waals surface area contributed by atoms with Gasteiger partial charge in [-0.2, -0.15) is 0 Å². The van der Waals surface area contributed by atoms with Crippen molar-refractivity contribution in [3.05, 3.63) is 12.4 Å². The van der Waals surface area contributed by atoms with Crippen molar-refractivity contribution in [2.45, 2.75) is 25.3 Å².